The van der Waals surface area contributed by atoms with Crippen LogP contribution in [0.1, 0.15) is 26.7 Å². The standard InChI is InChI=1S/C12H25N3O/c1-9(2)11(13)12(16)15-7-5-6-10(15)8-14(3)4/h9-11H,5-8,13H2,1-4H3/t10-,11-/m0/s1. The van der Waals surface area contributed by atoms with Gasteiger partial charge in [-0.1, -0.05) is 13.8 Å². The lowest BCUT2D eigenvalue weighted by molar-refractivity contribution is -0.134. The molecule has 2 atom stereocenters. The zero-order chi connectivity index (χ0) is 12.3. The molecule has 0 saturated carbocycles. The molecule has 0 aromatic carbocycles. The predicted octanol–water partition coefficient (Wildman–Crippen LogP) is 0.522. The van der Waals surface area contributed by atoms with Crippen LogP contribution in [0.15, 0.2) is 0 Å². The fourth-order valence-electron chi connectivity index (χ4n) is 2.21. The molecule has 0 spiro atoms. The van der Waals surface area contributed by atoms with Crippen molar-refractivity contribution in [3.8, 4) is 0 Å². The van der Waals surface area contributed by atoms with Gasteiger partial charge in [0.05, 0.1) is 6.04 Å². The topological polar surface area (TPSA) is 49.6 Å². The summed E-state index contributed by atoms with van der Waals surface area (Å²) in [5.74, 6) is 0.340. The Kier molecular flexibility index (Phi) is 4.74. The van der Waals surface area contributed by atoms with Crippen LogP contribution in [-0.2, 0) is 4.79 Å². The predicted molar refractivity (Wildman–Crippen MR) is 66.1 cm³/mol. The van der Waals surface area contributed by atoms with Crippen LogP contribution >= 0.6 is 0 Å². The van der Waals surface area contributed by atoms with Crippen molar-refractivity contribution in [2.24, 2.45) is 11.7 Å². The van der Waals surface area contributed by atoms with Crippen LogP contribution in [0.25, 0.3) is 0 Å². The smallest absolute Gasteiger partial charge is 0.240 e. The zero-order valence-corrected chi connectivity index (χ0v) is 10.9. The normalized spacial score (nSPS) is 23.2. The molecule has 4 heteroatoms. The molecule has 4 nitrogen and oxygen atoms in total. The van der Waals surface area contributed by atoms with Gasteiger partial charge in [-0.3, -0.25) is 4.79 Å². The summed E-state index contributed by atoms with van der Waals surface area (Å²) >= 11 is 0. The monoisotopic (exact) mass is 227 g/mol. The zero-order valence-electron chi connectivity index (χ0n) is 10.9. The van der Waals surface area contributed by atoms with Gasteiger partial charge in [-0.05, 0) is 32.9 Å². The van der Waals surface area contributed by atoms with E-state index in [2.05, 4.69) is 4.90 Å². The third-order valence-electron chi connectivity index (χ3n) is 3.24. The Balaban J connectivity index is 2.60. The Labute approximate surface area is 98.8 Å². The number of amides is 1. The molecule has 0 bridgehead atoms. The lowest BCUT2D eigenvalue weighted by Gasteiger charge is -2.30. The summed E-state index contributed by atoms with van der Waals surface area (Å²) in [4.78, 5) is 16.3. The molecule has 0 aromatic rings. The van der Waals surface area contributed by atoms with Crippen molar-refractivity contribution < 1.29 is 4.79 Å². The van der Waals surface area contributed by atoms with E-state index in [9.17, 15) is 4.79 Å². The van der Waals surface area contributed by atoms with Crippen LogP contribution in [0, 0.1) is 5.92 Å². The van der Waals surface area contributed by atoms with Crippen molar-refractivity contribution in [2.45, 2.75) is 38.8 Å². The molecular formula is C12H25N3O. The van der Waals surface area contributed by atoms with Gasteiger partial charge in [0.25, 0.3) is 0 Å². The molecule has 1 saturated heterocycles. The molecule has 0 aromatic heterocycles. The number of nitrogens with zero attached hydrogens (tertiary/aromatic N) is 2. The van der Waals surface area contributed by atoms with E-state index in [0.717, 1.165) is 25.9 Å². The molecule has 16 heavy (non-hydrogen) atoms. The molecule has 94 valence electrons. The summed E-state index contributed by atoms with van der Waals surface area (Å²) < 4.78 is 0. The van der Waals surface area contributed by atoms with Crippen molar-refractivity contribution >= 4 is 5.91 Å². The lowest BCUT2D eigenvalue weighted by Crippen LogP contribution is -2.50. The van der Waals surface area contributed by atoms with Crippen LogP contribution < -0.4 is 5.73 Å². The first-order valence-corrected chi connectivity index (χ1v) is 6.14. The third kappa shape index (κ3) is 3.19. The summed E-state index contributed by atoms with van der Waals surface area (Å²) in [6.07, 6.45) is 2.21. The molecule has 2 N–H and O–H groups in total. The number of hydrogen-bond donors (Lipinski definition) is 1. The van der Waals surface area contributed by atoms with Gasteiger partial charge < -0.3 is 15.5 Å². The second kappa shape index (κ2) is 5.64. The lowest BCUT2D eigenvalue weighted by atomic mass is 10.0. The number of nitrogens with two attached hydrogens (primary N) is 1. The van der Waals surface area contributed by atoms with Gasteiger partial charge in [-0.2, -0.15) is 0 Å². The Morgan fingerprint density at radius 1 is 1.50 bits per heavy atom. The van der Waals surface area contributed by atoms with Crippen molar-refractivity contribution in [1.29, 1.82) is 0 Å². The Bertz CT molecular complexity index is 240. The van der Waals surface area contributed by atoms with Gasteiger partial charge >= 0.3 is 0 Å². The highest BCUT2D eigenvalue weighted by atomic mass is 16.2. The summed E-state index contributed by atoms with van der Waals surface area (Å²) in [6, 6.07) is 0.00932. The molecule has 0 radical (unpaired) electrons. The second-order valence-electron chi connectivity index (χ2n) is 5.36. The number of likely N-dealkylation sites (tertiary alicyclic amines) is 1. The van der Waals surface area contributed by atoms with E-state index >= 15 is 0 Å². The second-order valence-corrected chi connectivity index (χ2v) is 5.36. The van der Waals surface area contributed by atoms with E-state index in [1.807, 2.05) is 32.8 Å². The van der Waals surface area contributed by atoms with Crippen molar-refractivity contribution in [3.05, 3.63) is 0 Å². The Morgan fingerprint density at radius 3 is 2.62 bits per heavy atom. The molecule has 0 unspecified atom stereocenters. The Morgan fingerprint density at radius 2 is 2.12 bits per heavy atom. The van der Waals surface area contributed by atoms with Gasteiger partial charge in [0.1, 0.15) is 0 Å². The van der Waals surface area contributed by atoms with Crippen LogP contribution in [0.3, 0.4) is 0 Å². The minimum Gasteiger partial charge on any atom is -0.337 e. The average molecular weight is 227 g/mol. The van der Waals surface area contributed by atoms with E-state index in [1.165, 1.54) is 0 Å². The molecular weight excluding hydrogens is 202 g/mol. The number of carbonyl (C=O) groups excluding carboxylic acids is 1. The van der Waals surface area contributed by atoms with Crippen molar-refractivity contribution in [1.82, 2.24) is 9.80 Å². The van der Waals surface area contributed by atoms with E-state index in [4.69, 9.17) is 5.73 Å². The quantitative estimate of drug-likeness (QED) is 0.762. The molecule has 1 aliphatic rings. The van der Waals surface area contributed by atoms with Crippen LogP contribution in [0.4, 0.5) is 0 Å². The number of carbonyl (C=O) groups is 1. The first-order valence-electron chi connectivity index (χ1n) is 6.14. The summed E-state index contributed by atoms with van der Waals surface area (Å²) in [5, 5.41) is 0. The first kappa shape index (κ1) is 13.5. The summed E-state index contributed by atoms with van der Waals surface area (Å²) in [7, 11) is 4.09. The molecule has 0 aliphatic carbocycles. The summed E-state index contributed by atoms with van der Waals surface area (Å²) in [5.41, 5.74) is 5.93. The van der Waals surface area contributed by atoms with E-state index in [1.54, 1.807) is 0 Å². The highest BCUT2D eigenvalue weighted by molar-refractivity contribution is 5.82. The maximum atomic E-state index is 12.2. The molecule has 1 aliphatic heterocycles. The SMILES string of the molecule is CC(C)[C@H](N)C(=O)N1CCC[C@H]1CN(C)C. The van der Waals surface area contributed by atoms with Crippen molar-refractivity contribution in [2.75, 3.05) is 27.2 Å². The van der Waals surface area contributed by atoms with E-state index < -0.39 is 0 Å². The van der Waals surface area contributed by atoms with Crippen LogP contribution in [-0.4, -0.2) is 55.0 Å². The fraction of sp³-hybridized carbons (Fsp3) is 0.917. The van der Waals surface area contributed by atoms with E-state index in [-0.39, 0.29) is 17.9 Å². The van der Waals surface area contributed by atoms with Crippen molar-refractivity contribution in [3.63, 3.8) is 0 Å². The van der Waals surface area contributed by atoms with E-state index in [0.29, 0.717) is 6.04 Å². The highest BCUT2D eigenvalue weighted by Crippen LogP contribution is 2.19. The van der Waals surface area contributed by atoms with Gasteiger partial charge in [-0.15, -0.1) is 0 Å². The van der Waals surface area contributed by atoms with Gasteiger partial charge in [0, 0.05) is 19.1 Å². The molecule has 1 rings (SSSR count). The highest BCUT2D eigenvalue weighted by Gasteiger charge is 2.32. The molecule has 1 fully saturated rings. The Hall–Kier alpha value is -0.610. The molecule has 1 heterocycles. The fourth-order valence-corrected chi connectivity index (χ4v) is 2.21. The number of hydrogen-bond acceptors (Lipinski definition) is 3. The largest absolute Gasteiger partial charge is 0.337 e. The maximum Gasteiger partial charge on any atom is 0.240 e. The molecule has 1 amide bonds. The first-order chi connectivity index (χ1) is 7.43. The third-order valence-corrected chi connectivity index (χ3v) is 3.24. The average Bonchev–Trinajstić information content (AvgIpc) is 2.62. The van der Waals surface area contributed by atoms with Gasteiger partial charge in [0.2, 0.25) is 5.91 Å². The van der Waals surface area contributed by atoms with Gasteiger partial charge in [-0.25, -0.2) is 0 Å². The van der Waals surface area contributed by atoms with Gasteiger partial charge in [0.15, 0.2) is 0 Å². The van der Waals surface area contributed by atoms with Crippen LogP contribution in [0.2, 0.25) is 0 Å². The minimum atomic E-state index is -0.345. The van der Waals surface area contributed by atoms with Crippen LogP contribution in [0.5, 0.6) is 0 Å². The minimum absolute atomic E-state index is 0.124. The summed E-state index contributed by atoms with van der Waals surface area (Å²) in [6.45, 7) is 5.81. The number of rotatable bonds is 4. The number of likely N-dealkylation sites (N-methyl/N-ethyl adjacent to an activating group) is 1. The maximum absolute atomic E-state index is 12.2.